The Labute approximate surface area is 157 Å². The van der Waals surface area contributed by atoms with Crippen molar-refractivity contribution in [3.05, 3.63) is 75.5 Å². The van der Waals surface area contributed by atoms with Gasteiger partial charge in [-0.05, 0) is 54.6 Å². The lowest BCUT2D eigenvalue weighted by Gasteiger charge is -2.09. The van der Waals surface area contributed by atoms with E-state index < -0.39 is 0 Å². The molecule has 0 atom stereocenters. The fourth-order valence-electron chi connectivity index (χ4n) is 2.53. The third-order valence-corrected chi connectivity index (χ3v) is 4.95. The SMILES string of the molecule is COc1ccccc1NC(=O)c1cc(COc2cc(C)ccc2C)cs1. The summed E-state index contributed by atoms with van der Waals surface area (Å²) in [5, 5.41) is 4.83. The van der Waals surface area contributed by atoms with Crippen LogP contribution in [0.15, 0.2) is 53.9 Å². The number of methoxy groups -OCH3 is 1. The quantitative estimate of drug-likeness (QED) is 0.651. The maximum Gasteiger partial charge on any atom is 0.265 e. The van der Waals surface area contributed by atoms with Crippen molar-refractivity contribution in [1.82, 2.24) is 0 Å². The standard InChI is InChI=1S/C21H21NO3S/c1-14-8-9-15(2)19(10-14)25-12-16-11-20(26-13-16)21(23)22-17-6-4-5-7-18(17)24-3/h4-11,13H,12H2,1-3H3,(H,22,23). The number of hydrogen-bond donors (Lipinski definition) is 1. The van der Waals surface area contributed by atoms with Crippen molar-refractivity contribution in [3.63, 3.8) is 0 Å². The van der Waals surface area contributed by atoms with Gasteiger partial charge in [0.15, 0.2) is 0 Å². The number of ether oxygens (including phenoxy) is 2. The molecule has 3 rings (SSSR count). The van der Waals surface area contributed by atoms with Gasteiger partial charge in [0.2, 0.25) is 0 Å². The molecule has 1 N–H and O–H groups in total. The Bertz CT molecular complexity index is 917. The summed E-state index contributed by atoms with van der Waals surface area (Å²) in [6, 6.07) is 15.3. The van der Waals surface area contributed by atoms with Crippen LogP contribution in [-0.4, -0.2) is 13.0 Å². The first-order valence-electron chi connectivity index (χ1n) is 8.28. The molecule has 2 aromatic carbocycles. The summed E-state index contributed by atoms with van der Waals surface area (Å²) < 4.78 is 11.2. The van der Waals surface area contributed by atoms with Crippen LogP contribution in [0.25, 0.3) is 0 Å². The van der Waals surface area contributed by atoms with Crippen molar-refractivity contribution in [2.24, 2.45) is 0 Å². The lowest BCUT2D eigenvalue weighted by atomic mass is 10.1. The van der Waals surface area contributed by atoms with Crippen LogP contribution in [0.2, 0.25) is 0 Å². The summed E-state index contributed by atoms with van der Waals surface area (Å²) in [6.45, 7) is 4.49. The number of carbonyl (C=O) groups excluding carboxylic acids is 1. The van der Waals surface area contributed by atoms with Crippen LogP contribution >= 0.6 is 11.3 Å². The maximum atomic E-state index is 12.5. The van der Waals surface area contributed by atoms with E-state index in [2.05, 4.69) is 11.4 Å². The van der Waals surface area contributed by atoms with Gasteiger partial charge in [-0.15, -0.1) is 11.3 Å². The van der Waals surface area contributed by atoms with E-state index in [1.807, 2.05) is 61.7 Å². The van der Waals surface area contributed by atoms with Gasteiger partial charge in [0.1, 0.15) is 18.1 Å². The molecule has 26 heavy (non-hydrogen) atoms. The molecule has 3 aromatic rings. The second kappa shape index (κ2) is 8.06. The van der Waals surface area contributed by atoms with Crippen molar-refractivity contribution in [1.29, 1.82) is 0 Å². The Hall–Kier alpha value is -2.79. The molecule has 0 fully saturated rings. The number of rotatable bonds is 6. The molecule has 0 aliphatic carbocycles. The first kappa shape index (κ1) is 18.0. The molecule has 134 valence electrons. The highest BCUT2D eigenvalue weighted by Gasteiger charge is 2.12. The highest BCUT2D eigenvalue weighted by molar-refractivity contribution is 7.12. The fraction of sp³-hybridized carbons (Fsp3) is 0.190. The van der Waals surface area contributed by atoms with E-state index in [0.717, 1.165) is 22.4 Å². The van der Waals surface area contributed by atoms with Crippen LogP contribution in [0.5, 0.6) is 11.5 Å². The predicted octanol–water partition coefficient (Wildman–Crippen LogP) is 5.20. The average molecular weight is 367 g/mol. The number of aryl methyl sites for hydroxylation is 2. The Balaban J connectivity index is 1.65. The molecular weight excluding hydrogens is 346 g/mol. The van der Waals surface area contributed by atoms with Gasteiger partial charge < -0.3 is 14.8 Å². The third kappa shape index (κ3) is 4.24. The average Bonchev–Trinajstić information content (AvgIpc) is 3.12. The summed E-state index contributed by atoms with van der Waals surface area (Å²) in [5.74, 6) is 1.35. The van der Waals surface area contributed by atoms with E-state index >= 15 is 0 Å². The largest absolute Gasteiger partial charge is 0.495 e. The molecule has 4 nitrogen and oxygen atoms in total. The Morgan fingerprint density at radius 1 is 1.08 bits per heavy atom. The summed E-state index contributed by atoms with van der Waals surface area (Å²) in [7, 11) is 1.58. The van der Waals surface area contributed by atoms with Crippen molar-refractivity contribution >= 4 is 22.9 Å². The Morgan fingerprint density at radius 2 is 1.88 bits per heavy atom. The monoisotopic (exact) mass is 367 g/mol. The maximum absolute atomic E-state index is 12.5. The van der Waals surface area contributed by atoms with E-state index in [1.165, 1.54) is 11.3 Å². The third-order valence-electron chi connectivity index (χ3n) is 3.97. The van der Waals surface area contributed by atoms with Gasteiger partial charge in [-0.3, -0.25) is 4.79 Å². The topological polar surface area (TPSA) is 47.6 Å². The van der Waals surface area contributed by atoms with Gasteiger partial charge >= 0.3 is 0 Å². The number of nitrogens with one attached hydrogen (secondary N) is 1. The molecule has 0 radical (unpaired) electrons. The first-order chi connectivity index (χ1) is 12.6. The minimum absolute atomic E-state index is 0.155. The number of thiophene rings is 1. The lowest BCUT2D eigenvalue weighted by Crippen LogP contribution is -2.11. The second-order valence-electron chi connectivity index (χ2n) is 6.03. The molecule has 1 aromatic heterocycles. The number of para-hydroxylation sites is 2. The smallest absolute Gasteiger partial charge is 0.265 e. The zero-order valence-electron chi connectivity index (χ0n) is 15.0. The molecule has 0 aliphatic rings. The predicted molar refractivity (Wildman–Crippen MR) is 106 cm³/mol. The minimum atomic E-state index is -0.155. The van der Waals surface area contributed by atoms with E-state index in [0.29, 0.717) is 22.9 Å². The summed E-state index contributed by atoms with van der Waals surface area (Å²) in [5.41, 5.74) is 3.88. The number of anilines is 1. The number of benzene rings is 2. The van der Waals surface area contributed by atoms with Gasteiger partial charge in [0, 0.05) is 5.56 Å². The lowest BCUT2D eigenvalue weighted by molar-refractivity contribution is 0.103. The minimum Gasteiger partial charge on any atom is -0.495 e. The van der Waals surface area contributed by atoms with E-state index in [1.54, 1.807) is 7.11 Å². The molecule has 1 amide bonds. The summed E-state index contributed by atoms with van der Waals surface area (Å²) in [4.78, 5) is 13.1. The number of carbonyl (C=O) groups is 1. The van der Waals surface area contributed by atoms with Crippen molar-refractivity contribution in [3.8, 4) is 11.5 Å². The van der Waals surface area contributed by atoms with E-state index in [9.17, 15) is 4.79 Å². The molecular formula is C21H21NO3S. The van der Waals surface area contributed by atoms with Crippen LogP contribution in [0.4, 0.5) is 5.69 Å². The molecule has 0 spiro atoms. The van der Waals surface area contributed by atoms with Crippen molar-refractivity contribution in [2.75, 3.05) is 12.4 Å². The van der Waals surface area contributed by atoms with Crippen molar-refractivity contribution < 1.29 is 14.3 Å². The molecule has 1 heterocycles. The Morgan fingerprint density at radius 3 is 2.69 bits per heavy atom. The zero-order chi connectivity index (χ0) is 18.5. The molecule has 0 bridgehead atoms. The zero-order valence-corrected chi connectivity index (χ0v) is 15.9. The summed E-state index contributed by atoms with van der Waals surface area (Å²) >= 11 is 1.40. The number of amides is 1. The van der Waals surface area contributed by atoms with Crippen LogP contribution in [-0.2, 0) is 6.61 Å². The van der Waals surface area contributed by atoms with Gasteiger partial charge in [-0.1, -0.05) is 24.3 Å². The van der Waals surface area contributed by atoms with Crippen LogP contribution in [0.1, 0.15) is 26.4 Å². The highest BCUT2D eigenvalue weighted by atomic mass is 32.1. The van der Waals surface area contributed by atoms with Crippen LogP contribution in [0.3, 0.4) is 0 Å². The molecule has 0 saturated heterocycles. The van der Waals surface area contributed by atoms with E-state index in [4.69, 9.17) is 9.47 Å². The van der Waals surface area contributed by atoms with Gasteiger partial charge in [-0.2, -0.15) is 0 Å². The van der Waals surface area contributed by atoms with Gasteiger partial charge in [0.25, 0.3) is 5.91 Å². The van der Waals surface area contributed by atoms with Crippen LogP contribution in [0, 0.1) is 13.8 Å². The van der Waals surface area contributed by atoms with Gasteiger partial charge in [-0.25, -0.2) is 0 Å². The van der Waals surface area contributed by atoms with Crippen molar-refractivity contribution in [2.45, 2.75) is 20.5 Å². The first-order valence-corrected chi connectivity index (χ1v) is 9.16. The number of hydrogen-bond acceptors (Lipinski definition) is 4. The fourth-order valence-corrected chi connectivity index (χ4v) is 3.32. The molecule has 5 heteroatoms. The Kier molecular flexibility index (Phi) is 5.58. The molecule has 0 saturated carbocycles. The second-order valence-corrected chi connectivity index (χ2v) is 6.94. The van der Waals surface area contributed by atoms with Crippen LogP contribution < -0.4 is 14.8 Å². The summed E-state index contributed by atoms with van der Waals surface area (Å²) in [6.07, 6.45) is 0. The highest BCUT2D eigenvalue weighted by Crippen LogP contribution is 2.26. The molecule has 0 unspecified atom stereocenters. The molecule has 0 aliphatic heterocycles. The van der Waals surface area contributed by atoms with Gasteiger partial charge in [0.05, 0.1) is 17.7 Å². The normalized spacial score (nSPS) is 10.4. The van der Waals surface area contributed by atoms with E-state index in [-0.39, 0.29) is 5.91 Å².